The van der Waals surface area contributed by atoms with Crippen LogP contribution in [-0.4, -0.2) is 50.1 Å². The molecular formula is C20H25ClN6O4. The number of hydrogen-bond acceptors (Lipinski definition) is 8. The number of aliphatic hydroxyl groups is 3. The highest BCUT2D eigenvalue weighted by Gasteiger charge is 2.23. The summed E-state index contributed by atoms with van der Waals surface area (Å²) >= 11 is 5.94. The maximum Gasteiger partial charge on any atom is 0.282 e. The molecule has 31 heavy (non-hydrogen) atoms. The van der Waals surface area contributed by atoms with Gasteiger partial charge in [-0.3, -0.25) is 9.89 Å². The molecule has 0 bridgehead atoms. The number of aliphatic imine (C=N–C) groups is 1. The summed E-state index contributed by atoms with van der Waals surface area (Å²) in [6.07, 6.45) is 1.54. The van der Waals surface area contributed by atoms with Gasteiger partial charge in [-0.15, -0.1) is 0 Å². The van der Waals surface area contributed by atoms with Gasteiger partial charge in [-0.25, -0.2) is 4.99 Å². The number of aliphatic hydroxyl groups excluding tert-OH is 1. The van der Waals surface area contributed by atoms with Crippen molar-refractivity contribution in [2.45, 2.75) is 32.8 Å². The molecule has 1 aromatic carbocycles. The Kier molecular flexibility index (Phi) is 9.85. The fraction of sp³-hybridized carbons (Fsp3) is 0.300. The van der Waals surface area contributed by atoms with Gasteiger partial charge in [0, 0.05) is 11.9 Å². The van der Waals surface area contributed by atoms with Crippen LogP contribution in [0.3, 0.4) is 0 Å². The molecule has 10 nitrogen and oxygen atoms in total. The van der Waals surface area contributed by atoms with Gasteiger partial charge in [0.25, 0.3) is 11.8 Å². The van der Waals surface area contributed by atoms with Crippen molar-refractivity contribution in [2.24, 2.45) is 10.7 Å². The number of aromatic amines is 1. The molecule has 2 rings (SSSR count). The van der Waals surface area contributed by atoms with Gasteiger partial charge in [0.15, 0.2) is 0 Å². The number of nitrogens with zero attached hydrogens (tertiary/aromatic N) is 3. The van der Waals surface area contributed by atoms with Crippen LogP contribution in [0.2, 0.25) is 5.02 Å². The molecule has 7 N–H and O–H groups in total. The third-order valence-corrected chi connectivity index (χ3v) is 4.04. The van der Waals surface area contributed by atoms with E-state index in [2.05, 4.69) is 20.5 Å². The van der Waals surface area contributed by atoms with Crippen molar-refractivity contribution >= 4 is 29.4 Å². The molecule has 1 unspecified atom stereocenters. The minimum absolute atomic E-state index is 0.0254. The van der Waals surface area contributed by atoms with Crippen molar-refractivity contribution in [1.29, 1.82) is 5.26 Å². The molecular weight excluding hydrogens is 424 g/mol. The number of nitrogens with one attached hydrogen (secondary N) is 2. The average Bonchev–Trinajstić information content (AvgIpc) is 3.24. The first-order chi connectivity index (χ1) is 14.6. The van der Waals surface area contributed by atoms with E-state index in [9.17, 15) is 20.1 Å². The highest BCUT2D eigenvalue weighted by atomic mass is 35.5. The number of H-pyrrole nitrogens is 1. The van der Waals surface area contributed by atoms with Gasteiger partial charge in [-0.05, 0) is 36.8 Å². The highest BCUT2D eigenvalue weighted by Crippen LogP contribution is 2.19. The van der Waals surface area contributed by atoms with Crippen LogP contribution in [0.25, 0.3) is 5.70 Å². The molecule has 0 saturated carbocycles. The molecule has 1 amide bonds. The summed E-state index contributed by atoms with van der Waals surface area (Å²) in [6.45, 7) is 4.89. The number of rotatable bonds is 7. The number of amides is 1. The minimum atomic E-state index is -2.59. The zero-order valence-corrected chi connectivity index (χ0v) is 18.1. The lowest BCUT2D eigenvalue weighted by Crippen LogP contribution is -2.41. The van der Waals surface area contributed by atoms with Crippen LogP contribution in [0.4, 0.5) is 0 Å². The molecule has 0 saturated heterocycles. The van der Waals surface area contributed by atoms with Crippen LogP contribution in [-0.2, 0) is 0 Å². The quantitative estimate of drug-likeness (QED) is 0.273. The molecule has 0 aliphatic rings. The Morgan fingerprint density at radius 2 is 2.13 bits per heavy atom. The van der Waals surface area contributed by atoms with E-state index >= 15 is 0 Å². The Morgan fingerprint density at radius 1 is 1.45 bits per heavy atom. The smallest absolute Gasteiger partial charge is 0.282 e. The number of aromatic nitrogens is 2. The van der Waals surface area contributed by atoms with Gasteiger partial charge in [-0.1, -0.05) is 31.5 Å². The number of carbonyl (C=O) groups is 1. The van der Waals surface area contributed by atoms with Crippen molar-refractivity contribution in [3.63, 3.8) is 0 Å². The van der Waals surface area contributed by atoms with E-state index in [0.717, 1.165) is 6.21 Å². The van der Waals surface area contributed by atoms with Crippen LogP contribution < -0.4 is 11.1 Å². The fourth-order valence-electron chi connectivity index (χ4n) is 2.12. The van der Waals surface area contributed by atoms with Crippen LogP contribution in [0.1, 0.15) is 54.2 Å². The van der Waals surface area contributed by atoms with Gasteiger partial charge >= 0.3 is 0 Å². The van der Waals surface area contributed by atoms with E-state index in [1.807, 2.05) is 19.9 Å². The molecule has 1 aromatic heterocycles. The molecule has 0 fully saturated rings. The SMILES string of the molecule is CC.CC(O)c1cc(C(=O)NCC(O)(O)/N=C/C=C(\N)c2ccc(C#N)c(Cl)c2)n[nH]1. The Balaban J connectivity index is 0.00000233. The van der Waals surface area contributed by atoms with Crippen LogP contribution >= 0.6 is 11.6 Å². The van der Waals surface area contributed by atoms with Crippen molar-refractivity contribution in [3.8, 4) is 6.07 Å². The van der Waals surface area contributed by atoms with E-state index in [1.165, 1.54) is 31.2 Å². The Bertz CT molecular complexity index is 992. The molecule has 166 valence electrons. The number of carbonyl (C=O) groups excluding carboxylic acids is 1. The third-order valence-electron chi connectivity index (χ3n) is 3.72. The summed E-state index contributed by atoms with van der Waals surface area (Å²) < 4.78 is 0. The first-order valence-electron chi connectivity index (χ1n) is 9.30. The molecule has 0 spiro atoms. The number of benzene rings is 1. The van der Waals surface area contributed by atoms with E-state index < -0.39 is 24.5 Å². The van der Waals surface area contributed by atoms with Gasteiger partial charge < -0.3 is 26.4 Å². The monoisotopic (exact) mass is 448 g/mol. The lowest BCUT2D eigenvalue weighted by atomic mass is 10.1. The highest BCUT2D eigenvalue weighted by molar-refractivity contribution is 6.31. The molecule has 0 radical (unpaired) electrons. The van der Waals surface area contributed by atoms with E-state index in [0.29, 0.717) is 16.8 Å². The Morgan fingerprint density at radius 3 is 2.68 bits per heavy atom. The summed E-state index contributed by atoms with van der Waals surface area (Å²) in [4.78, 5) is 15.5. The molecule has 11 heteroatoms. The van der Waals surface area contributed by atoms with E-state index in [-0.39, 0.29) is 16.4 Å². The fourth-order valence-corrected chi connectivity index (χ4v) is 2.34. The number of nitrogens with two attached hydrogens (primary N) is 1. The molecule has 1 heterocycles. The van der Waals surface area contributed by atoms with Gasteiger partial charge in [0.05, 0.1) is 28.9 Å². The summed E-state index contributed by atoms with van der Waals surface area (Å²) in [5.41, 5.74) is 7.23. The van der Waals surface area contributed by atoms with Crippen LogP contribution in [0.5, 0.6) is 0 Å². The van der Waals surface area contributed by atoms with Crippen molar-refractivity contribution in [1.82, 2.24) is 15.5 Å². The van der Waals surface area contributed by atoms with Crippen molar-refractivity contribution in [3.05, 3.63) is 57.9 Å². The Labute approximate surface area is 184 Å². The van der Waals surface area contributed by atoms with Crippen molar-refractivity contribution in [2.75, 3.05) is 6.54 Å². The lowest BCUT2D eigenvalue weighted by Gasteiger charge is -2.16. The second-order valence-electron chi connectivity index (χ2n) is 6.05. The maximum atomic E-state index is 12.0. The second-order valence-corrected chi connectivity index (χ2v) is 6.46. The average molecular weight is 449 g/mol. The summed E-state index contributed by atoms with van der Waals surface area (Å²) in [5, 5.41) is 46.7. The third kappa shape index (κ3) is 7.84. The largest absolute Gasteiger partial charge is 0.398 e. The summed E-state index contributed by atoms with van der Waals surface area (Å²) in [5.74, 6) is -3.27. The van der Waals surface area contributed by atoms with Crippen LogP contribution in [0, 0.1) is 11.3 Å². The van der Waals surface area contributed by atoms with E-state index in [1.54, 1.807) is 6.07 Å². The van der Waals surface area contributed by atoms with Gasteiger partial charge in [-0.2, -0.15) is 10.4 Å². The number of allylic oxidation sites excluding steroid dienone is 1. The lowest BCUT2D eigenvalue weighted by molar-refractivity contribution is -0.146. The van der Waals surface area contributed by atoms with E-state index in [4.69, 9.17) is 22.6 Å². The first kappa shape index (κ1) is 25.8. The number of nitriles is 1. The molecule has 2 aromatic rings. The Hall–Kier alpha value is -3.23. The van der Waals surface area contributed by atoms with Gasteiger partial charge in [0.2, 0.25) is 0 Å². The summed E-state index contributed by atoms with van der Waals surface area (Å²) in [7, 11) is 0. The summed E-state index contributed by atoms with van der Waals surface area (Å²) in [6, 6.07) is 7.85. The molecule has 1 atom stereocenters. The zero-order chi connectivity index (χ0) is 23.6. The second kappa shape index (κ2) is 11.8. The molecule has 0 aliphatic heterocycles. The number of hydrogen-bond donors (Lipinski definition) is 6. The number of halogens is 1. The zero-order valence-electron chi connectivity index (χ0n) is 17.3. The predicted molar refractivity (Wildman–Crippen MR) is 117 cm³/mol. The topological polar surface area (TPSA) is 181 Å². The molecule has 0 aliphatic carbocycles. The minimum Gasteiger partial charge on any atom is -0.398 e. The van der Waals surface area contributed by atoms with Crippen LogP contribution in [0.15, 0.2) is 35.3 Å². The van der Waals surface area contributed by atoms with Crippen molar-refractivity contribution < 1.29 is 20.1 Å². The predicted octanol–water partition coefficient (Wildman–Crippen LogP) is 1.45. The maximum absolute atomic E-state index is 12.0. The van der Waals surface area contributed by atoms with Gasteiger partial charge in [0.1, 0.15) is 11.8 Å². The first-order valence-corrected chi connectivity index (χ1v) is 9.68. The normalized spacial score (nSPS) is 12.6. The standard InChI is InChI=1S/C18H19ClN6O4.C2H6/c1-10(26)15-7-16(25-24-15)17(27)22-9-18(28,29)23-5-4-14(21)11-2-3-12(8-20)13(19)6-11;1-2/h2-7,10,26,28-29H,9,21H2,1H3,(H,22,27)(H,24,25);1-2H3/b14-4-,23-5+;.